The molecule has 2 saturated heterocycles. The molecule has 4 heterocycles. The Morgan fingerprint density at radius 1 is 1.29 bits per heavy atom. The number of carboxylic acid groups (broad SMARTS) is 1. The second-order valence-electron chi connectivity index (χ2n) is 8.00. The van der Waals surface area contributed by atoms with Crippen LogP contribution in [0.25, 0.3) is 5.65 Å². The van der Waals surface area contributed by atoms with Crippen molar-refractivity contribution in [3.05, 3.63) is 35.8 Å². The largest absolute Gasteiger partial charge is 0.481 e. The van der Waals surface area contributed by atoms with Gasteiger partial charge in [0.05, 0.1) is 24.6 Å². The summed E-state index contributed by atoms with van der Waals surface area (Å²) in [6.45, 7) is 8.39. The van der Waals surface area contributed by atoms with Gasteiger partial charge in [0.15, 0.2) is 0 Å². The summed E-state index contributed by atoms with van der Waals surface area (Å²) in [5.74, 6) is -0.321. The molecule has 0 spiro atoms. The van der Waals surface area contributed by atoms with Gasteiger partial charge in [0.2, 0.25) is 0 Å². The first-order chi connectivity index (χ1) is 13.6. The highest BCUT2D eigenvalue weighted by atomic mass is 16.5. The predicted octanol–water partition coefficient (Wildman–Crippen LogP) is 2.03. The SMILES string of the molecule is Cc1nc2ccccn2c1CN1CC[C@H](N2CCOCC2)[C@H](CCC(=O)O)C1. The maximum absolute atomic E-state index is 11.2. The van der Waals surface area contributed by atoms with Crippen molar-refractivity contribution in [3.63, 3.8) is 0 Å². The maximum atomic E-state index is 11.2. The number of carbonyl (C=O) groups is 1. The van der Waals surface area contributed by atoms with Gasteiger partial charge < -0.3 is 14.2 Å². The summed E-state index contributed by atoms with van der Waals surface area (Å²) in [6, 6.07) is 6.55. The van der Waals surface area contributed by atoms with Gasteiger partial charge in [-0.25, -0.2) is 4.98 Å². The number of piperidine rings is 1. The number of fused-ring (bicyclic) bond motifs is 1. The number of aromatic nitrogens is 2. The zero-order chi connectivity index (χ0) is 19.5. The number of hydrogen-bond acceptors (Lipinski definition) is 5. The van der Waals surface area contributed by atoms with Gasteiger partial charge >= 0.3 is 5.97 Å². The van der Waals surface area contributed by atoms with E-state index in [1.165, 1.54) is 5.69 Å². The summed E-state index contributed by atoms with van der Waals surface area (Å²) in [6.07, 6.45) is 4.14. The van der Waals surface area contributed by atoms with Crippen LogP contribution in [0, 0.1) is 12.8 Å². The summed E-state index contributed by atoms with van der Waals surface area (Å²) < 4.78 is 7.69. The number of ether oxygens (including phenoxy) is 1. The molecule has 1 N–H and O–H groups in total. The van der Waals surface area contributed by atoms with E-state index in [9.17, 15) is 9.90 Å². The van der Waals surface area contributed by atoms with Crippen LogP contribution < -0.4 is 0 Å². The Kier molecular flexibility index (Phi) is 5.94. The van der Waals surface area contributed by atoms with E-state index in [0.717, 1.165) is 70.1 Å². The fourth-order valence-electron chi connectivity index (χ4n) is 4.79. The number of carboxylic acids is 1. The van der Waals surface area contributed by atoms with E-state index < -0.39 is 5.97 Å². The van der Waals surface area contributed by atoms with Crippen LogP contribution >= 0.6 is 0 Å². The molecule has 0 aliphatic carbocycles. The van der Waals surface area contributed by atoms with Crippen molar-refractivity contribution < 1.29 is 14.6 Å². The Morgan fingerprint density at radius 3 is 2.89 bits per heavy atom. The first kappa shape index (κ1) is 19.4. The molecule has 28 heavy (non-hydrogen) atoms. The first-order valence-electron chi connectivity index (χ1n) is 10.3. The second kappa shape index (κ2) is 8.59. The highest BCUT2D eigenvalue weighted by Gasteiger charge is 2.34. The smallest absolute Gasteiger partial charge is 0.303 e. The summed E-state index contributed by atoms with van der Waals surface area (Å²) >= 11 is 0. The Hall–Kier alpha value is -1.96. The number of morpholine rings is 1. The van der Waals surface area contributed by atoms with E-state index in [1.807, 2.05) is 18.2 Å². The van der Waals surface area contributed by atoms with Crippen LogP contribution in [-0.4, -0.2) is 75.7 Å². The van der Waals surface area contributed by atoms with E-state index in [0.29, 0.717) is 12.0 Å². The van der Waals surface area contributed by atoms with E-state index in [2.05, 4.69) is 32.3 Å². The standard InChI is InChI=1S/C21H30N4O3/c1-16-19(25-8-3-2-4-20(25)22-16)15-23-9-7-18(24-10-12-28-13-11-24)17(14-23)5-6-21(26)27/h2-4,8,17-18H,5-7,9-15H2,1H3,(H,26,27)/t17-,18+/m1/s1. The third-order valence-electron chi connectivity index (χ3n) is 6.22. The second-order valence-corrected chi connectivity index (χ2v) is 8.00. The Balaban J connectivity index is 1.48. The lowest BCUT2D eigenvalue weighted by molar-refractivity contribution is -0.137. The minimum Gasteiger partial charge on any atom is -0.481 e. The molecule has 0 unspecified atom stereocenters. The van der Waals surface area contributed by atoms with Crippen molar-refractivity contribution in [2.45, 2.75) is 38.8 Å². The fourth-order valence-corrected chi connectivity index (χ4v) is 4.79. The molecule has 2 aliphatic heterocycles. The van der Waals surface area contributed by atoms with Gasteiger partial charge in [-0.2, -0.15) is 0 Å². The molecule has 4 rings (SSSR count). The lowest BCUT2D eigenvalue weighted by atomic mass is 9.86. The van der Waals surface area contributed by atoms with Crippen LogP contribution in [0.3, 0.4) is 0 Å². The van der Waals surface area contributed by atoms with Crippen molar-refractivity contribution in [1.82, 2.24) is 19.2 Å². The molecule has 7 heteroatoms. The van der Waals surface area contributed by atoms with Crippen LogP contribution in [0.5, 0.6) is 0 Å². The van der Waals surface area contributed by atoms with Gasteiger partial charge in [0, 0.05) is 51.4 Å². The summed E-state index contributed by atoms with van der Waals surface area (Å²) in [5, 5.41) is 9.21. The monoisotopic (exact) mass is 386 g/mol. The summed E-state index contributed by atoms with van der Waals surface area (Å²) in [5.41, 5.74) is 3.29. The van der Waals surface area contributed by atoms with Crippen LogP contribution in [0.15, 0.2) is 24.4 Å². The van der Waals surface area contributed by atoms with Crippen molar-refractivity contribution >= 4 is 11.6 Å². The quantitative estimate of drug-likeness (QED) is 0.819. The fraction of sp³-hybridized carbons (Fsp3) is 0.619. The van der Waals surface area contributed by atoms with Gasteiger partial charge in [-0.05, 0) is 37.8 Å². The summed E-state index contributed by atoms with van der Waals surface area (Å²) in [4.78, 5) is 20.9. The Labute approximate surface area is 165 Å². The molecule has 2 fully saturated rings. The van der Waals surface area contributed by atoms with Gasteiger partial charge in [-0.3, -0.25) is 14.6 Å². The number of hydrogen-bond donors (Lipinski definition) is 1. The Morgan fingerprint density at radius 2 is 2.11 bits per heavy atom. The van der Waals surface area contributed by atoms with Crippen molar-refractivity contribution in [1.29, 1.82) is 0 Å². The lowest BCUT2D eigenvalue weighted by Crippen LogP contribution is -2.54. The number of imidazole rings is 1. The van der Waals surface area contributed by atoms with E-state index >= 15 is 0 Å². The number of rotatable bonds is 6. The van der Waals surface area contributed by atoms with Crippen molar-refractivity contribution in [3.8, 4) is 0 Å². The van der Waals surface area contributed by atoms with E-state index in [1.54, 1.807) is 0 Å². The lowest BCUT2D eigenvalue weighted by Gasteiger charge is -2.45. The number of likely N-dealkylation sites (tertiary alicyclic amines) is 1. The highest BCUT2D eigenvalue weighted by Crippen LogP contribution is 2.28. The molecule has 152 valence electrons. The van der Waals surface area contributed by atoms with Gasteiger partial charge in [-0.1, -0.05) is 6.07 Å². The zero-order valence-electron chi connectivity index (χ0n) is 16.6. The summed E-state index contributed by atoms with van der Waals surface area (Å²) in [7, 11) is 0. The highest BCUT2D eigenvalue weighted by molar-refractivity contribution is 5.66. The molecule has 0 radical (unpaired) electrons. The van der Waals surface area contributed by atoms with Crippen LogP contribution in [0.1, 0.15) is 30.7 Å². The molecule has 0 saturated carbocycles. The van der Waals surface area contributed by atoms with E-state index in [-0.39, 0.29) is 6.42 Å². The molecule has 0 bridgehead atoms. The average Bonchev–Trinajstić information content (AvgIpc) is 3.02. The maximum Gasteiger partial charge on any atom is 0.303 e. The molecule has 0 amide bonds. The average molecular weight is 386 g/mol. The van der Waals surface area contributed by atoms with Gasteiger partial charge in [0.25, 0.3) is 0 Å². The Bertz CT molecular complexity index is 815. The number of aryl methyl sites for hydroxylation is 1. The predicted molar refractivity (Wildman–Crippen MR) is 106 cm³/mol. The van der Waals surface area contributed by atoms with Gasteiger partial charge in [0.1, 0.15) is 5.65 Å². The molecular formula is C21H30N4O3. The number of pyridine rings is 1. The van der Waals surface area contributed by atoms with Crippen LogP contribution in [0.4, 0.5) is 0 Å². The molecular weight excluding hydrogens is 356 g/mol. The third-order valence-corrected chi connectivity index (χ3v) is 6.22. The molecule has 2 aliphatic rings. The number of aliphatic carboxylic acids is 1. The molecule has 0 aromatic carbocycles. The van der Waals surface area contributed by atoms with Crippen LogP contribution in [-0.2, 0) is 16.1 Å². The number of nitrogens with zero attached hydrogens (tertiary/aromatic N) is 4. The van der Waals surface area contributed by atoms with Crippen molar-refractivity contribution in [2.24, 2.45) is 5.92 Å². The zero-order valence-corrected chi connectivity index (χ0v) is 16.6. The molecule has 2 atom stereocenters. The topological polar surface area (TPSA) is 70.3 Å². The molecule has 2 aromatic rings. The third kappa shape index (κ3) is 4.21. The van der Waals surface area contributed by atoms with Crippen molar-refractivity contribution in [2.75, 3.05) is 39.4 Å². The molecule has 2 aromatic heterocycles. The van der Waals surface area contributed by atoms with E-state index in [4.69, 9.17) is 4.74 Å². The minimum absolute atomic E-state index is 0.244. The van der Waals surface area contributed by atoms with Gasteiger partial charge in [-0.15, -0.1) is 0 Å². The van der Waals surface area contributed by atoms with Crippen LogP contribution in [0.2, 0.25) is 0 Å². The normalized spacial score (nSPS) is 24.6. The molecule has 7 nitrogen and oxygen atoms in total. The minimum atomic E-state index is -0.699. The first-order valence-corrected chi connectivity index (χ1v) is 10.3.